The van der Waals surface area contributed by atoms with Crippen LogP contribution >= 0.6 is 0 Å². The summed E-state index contributed by atoms with van der Waals surface area (Å²) in [7, 11) is 0. The fraction of sp³-hybridized carbons (Fsp3) is 0.951. The zero-order valence-electron chi connectivity index (χ0n) is 32.0. The van der Waals surface area contributed by atoms with E-state index in [0.717, 1.165) is 38.0 Å². The van der Waals surface area contributed by atoms with Crippen LogP contribution < -0.4 is 0 Å². The van der Waals surface area contributed by atoms with Crippen LogP contribution in [0.2, 0.25) is 0 Å². The van der Waals surface area contributed by atoms with Crippen LogP contribution in [0.4, 0.5) is 0 Å². The highest BCUT2D eigenvalue weighted by Gasteiger charge is 2.67. The summed E-state index contributed by atoms with van der Waals surface area (Å²) in [6.45, 7) is 19.4. The van der Waals surface area contributed by atoms with E-state index in [1.54, 1.807) is 5.57 Å². The van der Waals surface area contributed by atoms with Crippen molar-refractivity contribution in [2.75, 3.05) is 13.2 Å². The van der Waals surface area contributed by atoms with Crippen LogP contribution in [0.15, 0.2) is 11.6 Å². The number of hydrogen-bond donors (Lipinski definition) is 4. The SMILES string of the molecule is C[C@H](CCCC(C)(C)O)C1CC[C@@]2(C)C3CC=C4C(CC[C@H](O[C@H]5C[C@@H](O)C[C@@H](CO[C@H]6OC[C@@H](O)C[C@H]6O)O5)C4(C)C)[C@]3(C)CC[C@]12C. The average molecular weight is 691 g/mol. The van der Waals surface area contributed by atoms with E-state index in [0.29, 0.717) is 41.4 Å². The Kier molecular flexibility index (Phi) is 10.9. The summed E-state index contributed by atoms with van der Waals surface area (Å²) in [5, 5.41) is 41.1. The lowest BCUT2D eigenvalue weighted by atomic mass is 9.39. The number of aliphatic hydroxyl groups is 4. The minimum atomic E-state index is -0.889. The second-order valence-electron chi connectivity index (χ2n) is 19.4. The van der Waals surface area contributed by atoms with Gasteiger partial charge >= 0.3 is 0 Å². The van der Waals surface area contributed by atoms with Gasteiger partial charge in [0.15, 0.2) is 12.6 Å². The highest BCUT2D eigenvalue weighted by Crippen LogP contribution is 2.75. The lowest BCUT2D eigenvalue weighted by molar-refractivity contribution is -0.280. The second kappa shape index (κ2) is 14.0. The summed E-state index contributed by atoms with van der Waals surface area (Å²) in [5.41, 5.74) is 1.83. The molecular formula is C41H70O8. The number of rotatable bonds is 10. The van der Waals surface area contributed by atoms with E-state index >= 15 is 0 Å². The molecule has 6 rings (SSSR count). The van der Waals surface area contributed by atoms with Gasteiger partial charge in [0.25, 0.3) is 0 Å². The van der Waals surface area contributed by atoms with Gasteiger partial charge in [0.05, 0.1) is 43.2 Å². The molecular weight excluding hydrogens is 620 g/mol. The van der Waals surface area contributed by atoms with Gasteiger partial charge in [-0.05, 0) is 105 Å². The van der Waals surface area contributed by atoms with Gasteiger partial charge in [0.1, 0.15) is 6.10 Å². The first kappa shape index (κ1) is 38.2. The number of ether oxygens (including phenoxy) is 4. The summed E-state index contributed by atoms with van der Waals surface area (Å²) >= 11 is 0. The fourth-order valence-electron chi connectivity index (χ4n) is 12.4. The molecule has 4 aliphatic carbocycles. The highest BCUT2D eigenvalue weighted by molar-refractivity contribution is 5.30. The molecule has 0 aromatic carbocycles. The summed E-state index contributed by atoms with van der Waals surface area (Å²) < 4.78 is 24.5. The van der Waals surface area contributed by atoms with Gasteiger partial charge in [-0.25, -0.2) is 0 Å². The first-order chi connectivity index (χ1) is 22.9. The molecule has 49 heavy (non-hydrogen) atoms. The van der Waals surface area contributed by atoms with E-state index in [2.05, 4.69) is 47.6 Å². The maximum Gasteiger partial charge on any atom is 0.183 e. The molecule has 8 nitrogen and oxygen atoms in total. The first-order valence-electron chi connectivity index (χ1n) is 19.9. The van der Waals surface area contributed by atoms with Crippen molar-refractivity contribution < 1.29 is 39.4 Å². The lowest BCUT2D eigenvalue weighted by Gasteiger charge is -2.66. The molecule has 3 unspecified atom stereocenters. The third-order valence-corrected chi connectivity index (χ3v) is 15.4. The van der Waals surface area contributed by atoms with Crippen molar-refractivity contribution in [2.24, 2.45) is 45.3 Å². The normalized spacial score (nSPS) is 47.5. The van der Waals surface area contributed by atoms with Crippen LogP contribution in [0.1, 0.15) is 139 Å². The Bertz CT molecular complexity index is 1180. The van der Waals surface area contributed by atoms with Crippen LogP contribution in [0, 0.1) is 45.3 Å². The van der Waals surface area contributed by atoms with Crippen LogP contribution in [-0.4, -0.2) is 82.3 Å². The maximum absolute atomic E-state index is 10.8. The average Bonchev–Trinajstić information content (AvgIpc) is 3.28. The van der Waals surface area contributed by atoms with Crippen molar-refractivity contribution >= 4 is 0 Å². The third kappa shape index (κ3) is 7.22. The van der Waals surface area contributed by atoms with Gasteiger partial charge in [0.2, 0.25) is 0 Å². The number of aliphatic hydroxyl groups excluding tert-OH is 3. The van der Waals surface area contributed by atoms with Gasteiger partial charge < -0.3 is 39.4 Å². The Balaban J connectivity index is 1.11. The van der Waals surface area contributed by atoms with Crippen LogP contribution in [0.25, 0.3) is 0 Å². The monoisotopic (exact) mass is 691 g/mol. The quantitative estimate of drug-likeness (QED) is 0.183. The van der Waals surface area contributed by atoms with Crippen LogP contribution in [-0.2, 0) is 18.9 Å². The van der Waals surface area contributed by atoms with Crippen LogP contribution in [0.3, 0.4) is 0 Å². The standard InChI is InChI=1S/C41H70O8/c1-25(10-9-16-37(2,3)45)29-15-17-41(8)33-13-11-30-31(39(33,6)18-19-40(29,41)7)12-14-34(38(30,4)5)49-35-22-26(42)20-28(48-35)24-47-36-32(44)21-27(43)23-46-36/h11,25-29,31-36,42-45H,9-10,12-24H2,1-8H3/t25-,26+,27+,28+,29?,31?,32-,33?,34+,35+,36-,39+,40-,41+/m1/s1. The summed E-state index contributed by atoms with van der Waals surface area (Å²) in [5.74, 6) is 2.68. The molecule has 0 amide bonds. The van der Waals surface area contributed by atoms with Crippen molar-refractivity contribution in [3.63, 3.8) is 0 Å². The molecule has 0 aromatic rings. The molecule has 0 radical (unpaired) electrons. The Morgan fingerprint density at radius 2 is 1.69 bits per heavy atom. The predicted octanol–water partition coefficient (Wildman–Crippen LogP) is 6.90. The van der Waals surface area contributed by atoms with Gasteiger partial charge in [0, 0.05) is 24.7 Å². The predicted molar refractivity (Wildman–Crippen MR) is 189 cm³/mol. The van der Waals surface area contributed by atoms with E-state index in [1.807, 2.05) is 13.8 Å². The summed E-state index contributed by atoms with van der Waals surface area (Å²) in [6.07, 6.45) is 11.7. The zero-order valence-corrected chi connectivity index (χ0v) is 32.0. The molecule has 14 atom stereocenters. The summed E-state index contributed by atoms with van der Waals surface area (Å²) in [4.78, 5) is 0. The van der Waals surface area contributed by atoms with Gasteiger partial charge in [-0.3, -0.25) is 0 Å². The van der Waals surface area contributed by atoms with Crippen molar-refractivity contribution in [1.82, 2.24) is 0 Å². The Hall–Kier alpha value is -0.580. The van der Waals surface area contributed by atoms with Gasteiger partial charge in [-0.1, -0.05) is 66.0 Å². The van der Waals surface area contributed by atoms with Crippen molar-refractivity contribution in [3.05, 3.63) is 11.6 Å². The molecule has 0 aromatic heterocycles. The summed E-state index contributed by atoms with van der Waals surface area (Å²) in [6, 6.07) is 0. The van der Waals surface area contributed by atoms with Gasteiger partial charge in [-0.15, -0.1) is 0 Å². The molecule has 2 saturated heterocycles. The number of hydrogen-bond acceptors (Lipinski definition) is 8. The van der Waals surface area contributed by atoms with E-state index in [-0.39, 0.29) is 42.7 Å². The fourth-order valence-corrected chi connectivity index (χ4v) is 12.4. The molecule has 2 aliphatic heterocycles. The zero-order chi connectivity index (χ0) is 35.6. The topological polar surface area (TPSA) is 118 Å². The molecule has 8 heteroatoms. The van der Waals surface area contributed by atoms with Gasteiger partial charge in [-0.2, -0.15) is 0 Å². The van der Waals surface area contributed by atoms with Crippen molar-refractivity contribution in [1.29, 1.82) is 0 Å². The number of fused-ring (bicyclic) bond motifs is 5. The molecule has 4 N–H and O–H groups in total. The third-order valence-electron chi connectivity index (χ3n) is 15.4. The highest BCUT2D eigenvalue weighted by atomic mass is 16.7. The molecule has 6 aliphatic rings. The van der Waals surface area contributed by atoms with E-state index in [4.69, 9.17) is 18.9 Å². The minimum Gasteiger partial charge on any atom is -0.393 e. The molecule has 2 heterocycles. The largest absolute Gasteiger partial charge is 0.393 e. The second-order valence-corrected chi connectivity index (χ2v) is 19.4. The molecule has 0 spiro atoms. The van der Waals surface area contributed by atoms with Crippen LogP contribution in [0.5, 0.6) is 0 Å². The first-order valence-corrected chi connectivity index (χ1v) is 19.9. The molecule has 5 fully saturated rings. The van der Waals surface area contributed by atoms with E-state index < -0.39 is 36.5 Å². The van der Waals surface area contributed by atoms with Crippen molar-refractivity contribution in [3.8, 4) is 0 Å². The molecule has 0 bridgehead atoms. The maximum atomic E-state index is 10.8. The Morgan fingerprint density at radius 1 is 0.939 bits per heavy atom. The molecule has 3 saturated carbocycles. The van der Waals surface area contributed by atoms with E-state index in [1.165, 1.54) is 32.1 Å². The Labute approximate surface area is 296 Å². The lowest BCUT2D eigenvalue weighted by Crippen LogP contribution is -2.59. The molecule has 282 valence electrons. The van der Waals surface area contributed by atoms with Crippen molar-refractivity contribution in [2.45, 2.75) is 188 Å². The number of allylic oxidation sites excluding steroid dienone is 1. The smallest absolute Gasteiger partial charge is 0.183 e. The van der Waals surface area contributed by atoms with E-state index in [9.17, 15) is 20.4 Å². The Morgan fingerprint density at radius 3 is 2.41 bits per heavy atom. The minimum absolute atomic E-state index is 0.00191.